The Morgan fingerprint density at radius 1 is 0.944 bits per heavy atom. The van der Waals surface area contributed by atoms with Gasteiger partial charge in [0.15, 0.2) is 5.78 Å². The largest absolute Gasteiger partial charge is 0.289 e. The van der Waals surface area contributed by atoms with E-state index in [-0.39, 0.29) is 5.78 Å². The van der Waals surface area contributed by atoms with Crippen LogP contribution in [0.3, 0.4) is 0 Å². The highest BCUT2D eigenvalue weighted by Crippen LogP contribution is 2.21. The predicted octanol–water partition coefficient (Wildman–Crippen LogP) is 4.77. The molecule has 0 unspecified atom stereocenters. The summed E-state index contributed by atoms with van der Waals surface area (Å²) in [7, 11) is 0. The van der Waals surface area contributed by atoms with Crippen molar-refractivity contribution in [2.75, 3.05) is 0 Å². The van der Waals surface area contributed by atoms with Crippen molar-refractivity contribution in [2.45, 2.75) is 52.4 Å². The number of ketones is 1. The maximum Gasteiger partial charge on any atom is 0.188 e. The van der Waals surface area contributed by atoms with Crippen LogP contribution in [-0.4, -0.2) is 5.78 Å². The lowest BCUT2D eigenvalue weighted by Gasteiger charge is -2.11. The van der Waals surface area contributed by atoms with Crippen LogP contribution in [0.15, 0.2) is 29.8 Å². The zero-order valence-corrected chi connectivity index (χ0v) is 11.5. The van der Waals surface area contributed by atoms with Gasteiger partial charge < -0.3 is 0 Å². The van der Waals surface area contributed by atoms with Crippen LogP contribution in [0.5, 0.6) is 0 Å². The fraction of sp³-hybridized carbons (Fsp3) is 0.471. The summed E-state index contributed by atoms with van der Waals surface area (Å²) in [5.41, 5.74) is 4.23. The number of rotatable bonds is 2. The van der Waals surface area contributed by atoms with E-state index in [0.29, 0.717) is 0 Å². The smallest absolute Gasteiger partial charge is 0.188 e. The molecule has 0 N–H and O–H groups in total. The summed E-state index contributed by atoms with van der Waals surface area (Å²) in [5, 5.41) is 0. The molecule has 1 nitrogen and oxygen atoms in total. The van der Waals surface area contributed by atoms with Gasteiger partial charge >= 0.3 is 0 Å². The van der Waals surface area contributed by atoms with Crippen molar-refractivity contribution in [3.63, 3.8) is 0 Å². The molecule has 0 amide bonds. The number of allylic oxidation sites excluding steroid dienone is 2. The Morgan fingerprint density at radius 2 is 1.61 bits per heavy atom. The topological polar surface area (TPSA) is 17.1 Å². The Balaban J connectivity index is 2.23. The first-order valence-corrected chi connectivity index (χ1v) is 6.99. The van der Waals surface area contributed by atoms with Gasteiger partial charge in [-0.05, 0) is 57.2 Å². The average Bonchev–Trinajstić information content (AvgIpc) is 2.26. The number of benzene rings is 1. The maximum atomic E-state index is 12.5. The normalized spacial score (nSPS) is 19.6. The Hall–Kier alpha value is -1.37. The van der Waals surface area contributed by atoms with Crippen LogP contribution in [-0.2, 0) is 0 Å². The summed E-state index contributed by atoms with van der Waals surface area (Å²) in [6.45, 7) is 4.10. The van der Waals surface area contributed by atoms with Crippen LogP contribution in [0.4, 0.5) is 0 Å². The van der Waals surface area contributed by atoms with Crippen LogP contribution < -0.4 is 0 Å². The van der Waals surface area contributed by atoms with Gasteiger partial charge in [0.2, 0.25) is 0 Å². The van der Waals surface area contributed by atoms with Crippen molar-refractivity contribution in [1.82, 2.24) is 0 Å². The van der Waals surface area contributed by atoms with Crippen LogP contribution in [0.2, 0.25) is 0 Å². The fourth-order valence-corrected chi connectivity index (χ4v) is 2.69. The van der Waals surface area contributed by atoms with Crippen molar-refractivity contribution in [2.24, 2.45) is 0 Å². The molecule has 1 aliphatic carbocycles. The van der Waals surface area contributed by atoms with Gasteiger partial charge in [-0.3, -0.25) is 4.79 Å². The number of carbonyl (C=O) groups is 1. The van der Waals surface area contributed by atoms with Crippen molar-refractivity contribution < 1.29 is 4.79 Å². The molecule has 0 spiro atoms. The second kappa shape index (κ2) is 5.99. The molecule has 0 aliphatic heterocycles. The van der Waals surface area contributed by atoms with Crippen molar-refractivity contribution in [1.29, 1.82) is 0 Å². The van der Waals surface area contributed by atoms with Gasteiger partial charge in [-0.25, -0.2) is 0 Å². The standard InChI is InChI=1S/C17H22O/c1-13-10-14(2)12-16(11-13)17(18)15-8-6-4-3-5-7-9-15/h8,10-12H,3-7,9H2,1-2H3/b15-8+. The number of hydrogen-bond donors (Lipinski definition) is 0. The van der Waals surface area contributed by atoms with Crippen LogP contribution >= 0.6 is 0 Å². The van der Waals surface area contributed by atoms with Gasteiger partial charge in [0.1, 0.15) is 0 Å². The second-order valence-electron chi connectivity index (χ2n) is 5.39. The first-order chi connectivity index (χ1) is 8.66. The lowest BCUT2D eigenvalue weighted by atomic mass is 9.93. The van der Waals surface area contributed by atoms with Gasteiger partial charge in [0.25, 0.3) is 0 Å². The highest BCUT2D eigenvalue weighted by atomic mass is 16.1. The molecule has 0 fully saturated rings. The Kier molecular flexibility index (Phi) is 4.35. The maximum absolute atomic E-state index is 12.5. The summed E-state index contributed by atoms with van der Waals surface area (Å²) in [6, 6.07) is 6.13. The monoisotopic (exact) mass is 242 g/mol. The van der Waals surface area contributed by atoms with E-state index >= 15 is 0 Å². The molecular formula is C17H22O. The highest BCUT2D eigenvalue weighted by Gasteiger charge is 2.13. The number of Topliss-reactive ketones (excluding diaryl/α,β-unsaturated/α-hetero) is 1. The molecule has 1 aromatic carbocycles. The molecule has 0 saturated carbocycles. The number of aryl methyl sites for hydroxylation is 2. The van der Waals surface area contributed by atoms with Crippen molar-refractivity contribution in [3.8, 4) is 0 Å². The van der Waals surface area contributed by atoms with E-state index in [4.69, 9.17) is 0 Å². The van der Waals surface area contributed by atoms with Gasteiger partial charge in [-0.15, -0.1) is 0 Å². The van der Waals surface area contributed by atoms with E-state index in [0.717, 1.165) is 30.4 Å². The quantitative estimate of drug-likeness (QED) is 0.683. The van der Waals surface area contributed by atoms with Crippen LogP contribution in [0.1, 0.15) is 60.0 Å². The molecule has 0 aromatic heterocycles. The minimum absolute atomic E-state index is 0.240. The summed E-state index contributed by atoms with van der Waals surface area (Å²) in [4.78, 5) is 12.5. The highest BCUT2D eigenvalue weighted by molar-refractivity contribution is 6.08. The van der Waals surface area contributed by atoms with Crippen LogP contribution in [0, 0.1) is 13.8 Å². The molecule has 0 saturated heterocycles. The third-order valence-electron chi connectivity index (χ3n) is 3.57. The summed E-state index contributed by atoms with van der Waals surface area (Å²) < 4.78 is 0. The predicted molar refractivity (Wildman–Crippen MR) is 76.0 cm³/mol. The van der Waals surface area contributed by atoms with E-state index in [9.17, 15) is 4.79 Å². The average molecular weight is 242 g/mol. The van der Waals surface area contributed by atoms with Crippen molar-refractivity contribution in [3.05, 3.63) is 46.5 Å². The minimum Gasteiger partial charge on any atom is -0.289 e. The molecule has 0 heterocycles. The Morgan fingerprint density at radius 3 is 2.33 bits per heavy atom. The number of hydrogen-bond acceptors (Lipinski definition) is 1. The molecule has 1 aromatic rings. The third kappa shape index (κ3) is 3.32. The molecule has 18 heavy (non-hydrogen) atoms. The van der Waals surface area contributed by atoms with Gasteiger partial charge in [-0.2, -0.15) is 0 Å². The summed E-state index contributed by atoms with van der Waals surface area (Å²) in [6.07, 6.45) is 9.13. The Bertz CT molecular complexity index is 448. The SMILES string of the molecule is Cc1cc(C)cc(C(=O)/C2=C/CCCCCC2)c1. The minimum atomic E-state index is 0.240. The molecule has 2 rings (SSSR count). The van der Waals surface area contributed by atoms with E-state index in [2.05, 4.69) is 26.0 Å². The molecule has 0 atom stereocenters. The zero-order valence-electron chi connectivity index (χ0n) is 11.5. The fourth-order valence-electron chi connectivity index (χ4n) is 2.69. The van der Waals surface area contributed by atoms with E-state index in [1.807, 2.05) is 12.1 Å². The van der Waals surface area contributed by atoms with Gasteiger partial charge in [-0.1, -0.05) is 36.1 Å². The molecule has 1 heteroatoms. The molecule has 0 radical (unpaired) electrons. The van der Waals surface area contributed by atoms with Gasteiger partial charge in [0, 0.05) is 5.56 Å². The number of carbonyl (C=O) groups excluding carboxylic acids is 1. The third-order valence-corrected chi connectivity index (χ3v) is 3.57. The molecular weight excluding hydrogens is 220 g/mol. The first kappa shape index (κ1) is 13.1. The molecule has 0 bridgehead atoms. The summed E-state index contributed by atoms with van der Waals surface area (Å²) in [5.74, 6) is 0.240. The van der Waals surface area contributed by atoms with Crippen LogP contribution in [0.25, 0.3) is 0 Å². The van der Waals surface area contributed by atoms with E-state index in [1.165, 1.54) is 30.4 Å². The van der Waals surface area contributed by atoms with E-state index < -0.39 is 0 Å². The van der Waals surface area contributed by atoms with Crippen molar-refractivity contribution >= 4 is 5.78 Å². The molecule has 1 aliphatic rings. The van der Waals surface area contributed by atoms with Gasteiger partial charge in [0.05, 0.1) is 0 Å². The summed E-state index contributed by atoms with van der Waals surface area (Å²) >= 11 is 0. The Labute approximate surface area is 110 Å². The second-order valence-corrected chi connectivity index (χ2v) is 5.39. The lowest BCUT2D eigenvalue weighted by Crippen LogP contribution is -2.06. The first-order valence-electron chi connectivity index (χ1n) is 6.99. The lowest BCUT2D eigenvalue weighted by molar-refractivity contribution is 0.102. The zero-order chi connectivity index (χ0) is 13.0. The van der Waals surface area contributed by atoms with E-state index in [1.54, 1.807) is 0 Å². The molecule has 96 valence electrons.